The largest absolute Gasteiger partial charge is 0.465 e. The molecule has 0 radical (unpaired) electrons. The van der Waals surface area contributed by atoms with Crippen LogP contribution in [0.5, 0.6) is 0 Å². The second-order valence-corrected chi connectivity index (χ2v) is 10.3. The summed E-state index contributed by atoms with van der Waals surface area (Å²) < 4.78 is 39.2. The standard InChI is InChI=1S/C25H28F2N2O6S/c1-6-34-23(32)14-11-10-13-17(19(30)18-15(26)8-7-9-16(18)27)22(36-20(13)14)29-21(31)12(2)28-24(33)35-25(3,4)5/h7-9,12,14H,6,10-11H2,1-5H3,(H,28,33)(H,29,31)/t12-,14?/m0/s1. The summed E-state index contributed by atoms with van der Waals surface area (Å²) in [6, 6.07) is 2.01. The number of fused-ring (bicyclic) bond motifs is 1. The van der Waals surface area contributed by atoms with Gasteiger partial charge >= 0.3 is 12.1 Å². The third kappa shape index (κ3) is 5.89. The highest BCUT2D eigenvalue weighted by Gasteiger charge is 2.38. The quantitative estimate of drug-likeness (QED) is 0.403. The fourth-order valence-corrected chi connectivity index (χ4v) is 5.21. The molecule has 3 rings (SSSR count). The number of rotatable bonds is 7. The number of ketones is 1. The van der Waals surface area contributed by atoms with Crippen LogP contribution in [0.4, 0.5) is 18.6 Å². The van der Waals surface area contributed by atoms with Gasteiger partial charge in [-0.1, -0.05) is 6.07 Å². The van der Waals surface area contributed by atoms with Crippen LogP contribution in [0.2, 0.25) is 0 Å². The van der Waals surface area contributed by atoms with E-state index in [1.54, 1.807) is 27.7 Å². The number of carbonyl (C=O) groups excluding carboxylic acids is 4. The number of esters is 1. The van der Waals surface area contributed by atoms with Crippen LogP contribution in [0, 0.1) is 11.6 Å². The third-order valence-corrected chi connectivity index (χ3v) is 6.65. The van der Waals surface area contributed by atoms with Gasteiger partial charge in [-0.05, 0) is 65.2 Å². The van der Waals surface area contributed by atoms with E-state index in [0.717, 1.165) is 29.5 Å². The molecule has 1 aromatic heterocycles. The van der Waals surface area contributed by atoms with E-state index < -0.39 is 58.5 Å². The molecule has 0 fully saturated rings. The summed E-state index contributed by atoms with van der Waals surface area (Å²) in [7, 11) is 0. The first-order chi connectivity index (χ1) is 16.8. The maximum atomic E-state index is 14.5. The van der Waals surface area contributed by atoms with Crippen LogP contribution in [0.15, 0.2) is 18.2 Å². The molecule has 0 aliphatic heterocycles. The van der Waals surface area contributed by atoms with Crippen LogP contribution < -0.4 is 10.6 Å². The van der Waals surface area contributed by atoms with Crippen LogP contribution in [-0.4, -0.2) is 42.0 Å². The maximum Gasteiger partial charge on any atom is 0.408 e. The average Bonchev–Trinajstić information content (AvgIpc) is 3.30. The van der Waals surface area contributed by atoms with Crippen LogP contribution in [0.1, 0.15) is 73.3 Å². The van der Waals surface area contributed by atoms with Crippen LogP contribution in [0.3, 0.4) is 0 Å². The fraction of sp³-hybridized carbons (Fsp3) is 0.440. The van der Waals surface area contributed by atoms with E-state index in [1.807, 2.05) is 0 Å². The van der Waals surface area contributed by atoms with Crippen molar-refractivity contribution >= 4 is 40.1 Å². The van der Waals surface area contributed by atoms with Gasteiger partial charge in [0.05, 0.1) is 23.7 Å². The van der Waals surface area contributed by atoms with Gasteiger partial charge < -0.3 is 20.1 Å². The summed E-state index contributed by atoms with van der Waals surface area (Å²) >= 11 is 0.978. The molecule has 2 amide bonds. The van der Waals surface area contributed by atoms with Crippen molar-refractivity contribution in [2.24, 2.45) is 0 Å². The minimum Gasteiger partial charge on any atom is -0.465 e. The first-order valence-electron chi connectivity index (χ1n) is 11.4. The van der Waals surface area contributed by atoms with Gasteiger partial charge in [0.25, 0.3) is 0 Å². The van der Waals surface area contributed by atoms with Gasteiger partial charge in [0.2, 0.25) is 11.7 Å². The zero-order valence-corrected chi connectivity index (χ0v) is 21.4. The summed E-state index contributed by atoms with van der Waals surface area (Å²) in [5, 5.41) is 5.01. The van der Waals surface area contributed by atoms with Crippen molar-refractivity contribution in [1.29, 1.82) is 0 Å². The number of halogens is 2. The monoisotopic (exact) mass is 522 g/mol. The predicted octanol–water partition coefficient (Wildman–Crippen LogP) is 4.70. The highest BCUT2D eigenvalue weighted by molar-refractivity contribution is 7.17. The van der Waals surface area contributed by atoms with Crippen molar-refractivity contribution in [1.82, 2.24) is 5.32 Å². The van der Waals surface area contributed by atoms with Crippen molar-refractivity contribution in [2.75, 3.05) is 11.9 Å². The van der Waals surface area contributed by atoms with E-state index in [4.69, 9.17) is 9.47 Å². The first-order valence-corrected chi connectivity index (χ1v) is 12.3. The Bertz CT molecular complexity index is 1180. The topological polar surface area (TPSA) is 111 Å². The van der Waals surface area contributed by atoms with E-state index in [9.17, 15) is 28.0 Å². The number of nitrogens with one attached hydrogen (secondary N) is 2. The lowest BCUT2D eigenvalue weighted by Gasteiger charge is -2.21. The number of hydrogen-bond acceptors (Lipinski definition) is 7. The first kappa shape index (κ1) is 27.3. The molecule has 1 aliphatic carbocycles. The minimum absolute atomic E-state index is 0.0319. The van der Waals surface area contributed by atoms with E-state index in [-0.39, 0.29) is 23.6 Å². The highest BCUT2D eigenvalue weighted by atomic mass is 32.1. The molecule has 0 spiro atoms. The van der Waals surface area contributed by atoms with Crippen molar-refractivity contribution in [3.63, 3.8) is 0 Å². The van der Waals surface area contributed by atoms with Crippen molar-refractivity contribution in [3.8, 4) is 0 Å². The lowest BCUT2D eigenvalue weighted by molar-refractivity contribution is -0.144. The molecule has 11 heteroatoms. The van der Waals surface area contributed by atoms with Crippen molar-refractivity contribution in [2.45, 2.75) is 65.0 Å². The van der Waals surface area contributed by atoms with Gasteiger partial charge in [-0.3, -0.25) is 14.4 Å². The van der Waals surface area contributed by atoms with Crippen LogP contribution in [0.25, 0.3) is 0 Å². The lowest BCUT2D eigenvalue weighted by atomic mass is 9.99. The zero-order chi connectivity index (χ0) is 26.8. The van der Waals surface area contributed by atoms with Crippen molar-refractivity contribution in [3.05, 3.63) is 51.4 Å². The van der Waals surface area contributed by atoms with Crippen LogP contribution >= 0.6 is 11.3 Å². The van der Waals surface area contributed by atoms with Gasteiger partial charge in [0.15, 0.2) is 0 Å². The lowest BCUT2D eigenvalue weighted by Crippen LogP contribution is -2.44. The minimum atomic E-state index is -1.06. The Morgan fingerprint density at radius 3 is 2.36 bits per heavy atom. The van der Waals surface area contributed by atoms with Gasteiger partial charge in [-0.2, -0.15) is 0 Å². The summed E-state index contributed by atoms with van der Waals surface area (Å²) in [6.07, 6.45) is -0.162. The van der Waals surface area contributed by atoms with Gasteiger partial charge in [0, 0.05) is 4.88 Å². The Kier molecular flexibility index (Phi) is 8.12. The number of thiophene rings is 1. The molecule has 2 aromatic rings. The van der Waals surface area contributed by atoms with E-state index in [1.165, 1.54) is 6.92 Å². The molecule has 0 saturated heterocycles. The number of amides is 2. The molecule has 1 unspecified atom stereocenters. The van der Waals surface area contributed by atoms with E-state index in [0.29, 0.717) is 16.9 Å². The smallest absolute Gasteiger partial charge is 0.408 e. The van der Waals surface area contributed by atoms with Gasteiger partial charge in [0.1, 0.15) is 28.3 Å². The molecule has 0 saturated carbocycles. The van der Waals surface area contributed by atoms with E-state index >= 15 is 0 Å². The molecule has 2 N–H and O–H groups in total. The molecular formula is C25H28F2N2O6S. The van der Waals surface area contributed by atoms with E-state index in [2.05, 4.69) is 10.6 Å². The average molecular weight is 523 g/mol. The summed E-state index contributed by atoms with van der Waals surface area (Å²) in [5.41, 5.74) is -1.18. The predicted molar refractivity (Wildman–Crippen MR) is 129 cm³/mol. The van der Waals surface area contributed by atoms with Gasteiger partial charge in [-0.25, -0.2) is 13.6 Å². The Hall–Kier alpha value is -3.34. The molecule has 2 atom stereocenters. The summed E-state index contributed by atoms with van der Waals surface area (Å²) in [6.45, 7) is 8.26. The van der Waals surface area contributed by atoms with Gasteiger partial charge in [-0.15, -0.1) is 11.3 Å². The van der Waals surface area contributed by atoms with Crippen LogP contribution in [-0.2, 0) is 25.5 Å². The maximum absolute atomic E-state index is 14.5. The highest BCUT2D eigenvalue weighted by Crippen LogP contribution is 2.46. The second kappa shape index (κ2) is 10.7. The molecular weight excluding hydrogens is 494 g/mol. The molecule has 1 aromatic carbocycles. The molecule has 36 heavy (non-hydrogen) atoms. The molecule has 8 nitrogen and oxygen atoms in total. The zero-order valence-electron chi connectivity index (χ0n) is 20.6. The Morgan fingerprint density at radius 1 is 1.14 bits per heavy atom. The number of carbonyl (C=O) groups is 4. The Labute approximate surface area is 211 Å². The number of anilines is 1. The molecule has 1 aliphatic rings. The SMILES string of the molecule is CCOC(=O)C1CCc2c1sc(NC(=O)[C@H](C)NC(=O)OC(C)(C)C)c2C(=O)c1c(F)cccc1F. The normalized spacial score (nSPS) is 15.6. The Morgan fingerprint density at radius 2 is 1.78 bits per heavy atom. The number of ether oxygens (including phenoxy) is 2. The molecule has 194 valence electrons. The molecule has 1 heterocycles. The summed E-state index contributed by atoms with van der Waals surface area (Å²) in [4.78, 5) is 51.3. The number of alkyl carbamates (subject to hydrolysis) is 1. The third-order valence-electron chi connectivity index (χ3n) is 5.39. The second-order valence-electron chi connectivity index (χ2n) is 9.28. The fourth-order valence-electron chi connectivity index (χ4n) is 3.84. The van der Waals surface area contributed by atoms with Crippen molar-refractivity contribution < 1.29 is 37.4 Å². The Balaban J connectivity index is 1.97. The number of hydrogen-bond donors (Lipinski definition) is 2. The number of benzene rings is 1. The summed E-state index contributed by atoms with van der Waals surface area (Å²) in [5.74, 6) is -4.86. The molecule has 0 bridgehead atoms.